The van der Waals surface area contributed by atoms with Gasteiger partial charge in [0.05, 0.1) is 12.6 Å². The van der Waals surface area contributed by atoms with Crippen molar-refractivity contribution in [2.75, 3.05) is 6.54 Å². The second kappa shape index (κ2) is 8.07. The molecular formula is C16H12ClF4N5O3. The largest absolute Gasteiger partial charge is 0.401 e. The van der Waals surface area contributed by atoms with E-state index < -0.39 is 53.3 Å². The number of hydrogen-bond donors (Lipinski definition) is 2. The van der Waals surface area contributed by atoms with E-state index in [2.05, 4.69) is 20.0 Å². The van der Waals surface area contributed by atoms with Crippen molar-refractivity contribution in [2.24, 2.45) is 5.73 Å². The maximum atomic E-state index is 14.7. The molecule has 29 heavy (non-hydrogen) atoms. The number of aromatic nitrogens is 2. The Labute approximate surface area is 165 Å². The molecule has 2 heterocycles. The molecule has 1 aromatic carbocycles. The van der Waals surface area contributed by atoms with E-state index in [1.807, 2.05) is 0 Å². The topological polar surface area (TPSA) is 110 Å². The number of benzene rings is 1. The fraction of sp³-hybridized carbons (Fsp3) is 0.250. The minimum absolute atomic E-state index is 0.0634. The van der Waals surface area contributed by atoms with Crippen molar-refractivity contribution < 1.29 is 31.9 Å². The van der Waals surface area contributed by atoms with Gasteiger partial charge < -0.3 is 20.7 Å². The van der Waals surface area contributed by atoms with Crippen molar-refractivity contribution in [1.82, 2.24) is 20.2 Å². The minimum Gasteiger partial charge on any atom is -0.401 e. The lowest BCUT2D eigenvalue weighted by Gasteiger charge is -2.28. The van der Waals surface area contributed by atoms with Crippen LogP contribution in [0.5, 0.6) is 6.01 Å². The Balaban J connectivity index is 2.06. The lowest BCUT2D eigenvalue weighted by atomic mass is 9.98. The predicted octanol–water partition coefficient (Wildman–Crippen LogP) is 1.98. The molecule has 3 N–H and O–H groups in total. The Bertz CT molecular complexity index is 947. The summed E-state index contributed by atoms with van der Waals surface area (Å²) in [6, 6.07) is -1.81. The van der Waals surface area contributed by atoms with Gasteiger partial charge in [-0.25, -0.2) is 23.5 Å². The average Bonchev–Trinajstić information content (AvgIpc) is 3.04. The molecule has 1 unspecified atom stereocenters. The zero-order valence-corrected chi connectivity index (χ0v) is 15.0. The average molecular weight is 434 g/mol. The van der Waals surface area contributed by atoms with Crippen LogP contribution in [0.15, 0.2) is 24.5 Å². The quantitative estimate of drug-likeness (QED) is 0.534. The van der Waals surface area contributed by atoms with E-state index in [4.69, 9.17) is 17.3 Å². The first-order valence-corrected chi connectivity index (χ1v) is 8.33. The van der Waals surface area contributed by atoms with E-state index in [-0.39, 0.29) is 17.7 Å². The number of ether oxygens (including phenoxy) is 1. The normalized spacial score (nSPS) is 17.4. The summed E-state index contributed by atoms with van der Waals surface area (Å²) in [7, 11) is 0. The lowest BCUT2D eigenvalue weighted by molar-refractivity contribution is -0.119. The van der Waals surface area contributed by atoms with Crippen molar-refractivity contribution in [1.29, 1.82) is 0 Å². The first-order chi connectivity index (χ1) is 13.7. The highest BCUT2D eigenvalue weighted by Gasteiger charge is 2.39. The van der Waals surface area contributed by atoms with E-state index in [1.165, 1.54) is 0 Å². The smallest absolute Gasteiger partial charge is 0.389 e. The number of urea groups is 1. The van der Waals surface area contributed by atoms with Crippen molar-refractivity contribution in [2.45, 2.75) is 18.7 Å². The zero-order valence-electron chi connectivity index (χ0n) is 14.3. The maximum absolute atomic E-state index is 14.7. The molecular weight excluding hydrogens is 422 g/mol. The van der Waals surface area contributed by atoms with Crippen LogP contribution in [0.1, 0.15) is 17.2 Å². The molecule has 0 spiro atoms. The second-order valence-corrected chi connectivity index (χ2v) is 6.28. The Morgan fingerprint density at radius 3 is 2.52 bits per heavy atom. The number of amides is 3. The van der Waals surface area contributed by atoms with Crippen LogP contribution in [0.25, 0.3) is 0 Å². The van der Waals surface area contributed by atoms with Gasteiger partial charge in [0.25, 0.3) is 0 Å². The Kier molecular flexibility index (Phi) is 5.73. The van der Waals surface area contributed by atoms with Gasteiger partial charge in [-0.3, -0.25) is 4.79 Å². The van der Waals surface area contributed by atoms with Crippen LogP contribution >= 0.6 is 11.6 Å². The van der Waals surface area contributed by atoms with Crippen molar-refractivity contribution in [3.05, 3.63) is 52.3 Å². The second-order valence-electron chi connectivity index (χ2n) is 5.90. The lowest BCUT2D eigenvalue weighted by Crippen LogP contribution is -2.39. The number of carbonyl (C=O) groups is 2. The van der Waals surface area contributed by atoms with E-state index in [1.54, 1.807) is 0 Å². The van der Waals surface area contributed by atoms with Gasteiger partial charge in [0.15, 0.2) is 0 Å². The van der Waals surface area contributed by atoms with Crippen LogP contribution in [0.4, 0.5) is 22.4 Å². The van der Waals surface area contributed by atoms with Gasteiger partial charge in [-0.05, 0) is 6.07 Å². The molecule has 2 atom stereocenters. The molecule has 3 rings (SSSR count). The first-order valence-electron chi connectivity index (χ1n) is 7.95. The van der Waals surface area contributed by atoms with E-state index in [9.17, 15) is 27.2 Å². The van der Waals surface area contributed by atoms with Crippen molar-refractivity contribution in [3.63, 3.8) is 0 Å². The Morgan fingerprint density at radius 2 is 1.97 bits per heavy atom. The van der Waals surface area contributed by atoms with Gasteiger partial charge in [-0.2, -0.15) is 8.78 Å². The van der Waals surface area contributed by atoms with Gasteiger partial charge in [0.1, 0.15) is 22.7 Å². The number of hydrogen-bond acceptors (Lipinski definition) is 5. The number of rotatable bonds is 6. The highest BCUT2D eigenvalue weighted by atomic mass is 35.5. The van der Waals surface area contributed by atoms with E-state index in [0.29, 0.717) is 0 Å². The molecule has 0 radical (unpaired) electrons. The SMILES string of the molecule is NC(=O)C1CN([C@@H](c2cnc(OC(F)F)nc2)c2ccc(F)c(Cl)c2F)C(=O)N1. The van der Waals surface area contributed by atoms with Crippen LogP contribution in [0.3, 0.4) is 0 Å². The zero-order chi connectivity index (χ0) is 21.3. The van der Waals surface area contributed by atoms with Gasteiger partial charge in [-0.1, -0.05) is 17.7 Å². The number of primary amides is 1. The minimum atomic E-state index is -3.16. The molecule has 3 amide bonds. The summed E-state index contributed by atoms with van der Waals surface area (Å²) in [5.41, 5.74) is 5.03. The maximum Gasteiger partial charge on any atom is 0.389 e. The highest BCUT2D eigenvalue weighted by molar-refractivity contribution is 6.31. The summed E-state index contributed by atoms with van der Waals surface area (Å²) >= 11 is 5.64. The molecule has 8 nitrogen and oxygen atoms in total. The molecule has 1 aromatic heterocycles. The summed E-state index contributed by atoms with van der Waals surface area (Å²) in [4.78, 5) is 32.0. The fourth-order valence-electron chi connectivity index (χ4n) is 2.83. The molecule has 1 fully saturated rings. The summed E-state index contributed by atoms with van der Waals surface area (Å²) < 4.78 is 56.9. The van der Waals surface area contributed by atoms with E-state index >= 15 is 0 Å². The number of nitrogens with zero attached hydrogens (tertiary/aromatic N) is 3. The third-order valence-electron chi connectivity index (χ3n) is 4.11. The van der Waals surface area contributed by atoms with Crippen molar-refractivity contribution in [3.8, 4) is 6.01 Å². The van der Waals surface area contributed by atoms with Crippen LogP contribution < -0.4 is 15.8 Å². The van der Waals surface area contributed by atoms with Gasteiger partial charge >= 0.3 is 18.7 Å². The Hall–Kier alpha value is -3.15. The molecule has 13 heteroatoms. The molecule has 1 aliphatic rings. The molecule has 154 valence electrons. The molecule has 0 saturated carbocycles. The van der Waals surface area contributed by atoms with Gasteiger partial charge in [0, 0.05) is 23.5 Å². The standard InChI is InChI=1S/C16H12ClF4N5O3/c17-10-8(18)2-1-7(11(10)19)12(26-5-9(13(22)27)25-16(26)28)6-3-23-15(24-4-6)29-14(20)21/h1-4,9,12,14H,5H2,(H2,22,27)(H,25,28)/t9?,12-/m0/s1. The molecule has 1 aliphatic heterocycles. The van der Waals surface area contributed by atoms with Crippen molar-refractivity contribution >= 4 is 23.5 Å². The van der Waals surface area contributed by atoms with Crippen LogP contribution in [-0.2, 0) is 4.79 Å². The summed E-state index contributed by atoms with van der Waals surface area (Å²) in [6.45, 7) is -3.41. The number of halogens is 5. The summed E-state index contributed by atoms with van der Waals surface area (Å²) in [6.07, 6.45) is 2.05. The first kappa shape index (κ1) is 20.6. The number of alkyl halides is 2. The third kappa shape index (κ3) is 4.16. The van der Waals surface area contributed by atoms with Gasteiger partial charge in [0.2, 0.25) is 5.91 Å². The number of nitrogens with one attached hydrogen (secondary N) is 1. The molecule has 2 aromatic rings. The third-order valence-corrected chi connectivity index (χ3v) is 4.46. The summed E-state index contributed by atoms with van der Waals surface area (Å²) in [5.74, 6) is -3.00. The predicted molar refractivity (Wildman–Crippen MR) is 90.1 cm³/mol. The number of carbonyl (C=O) groups excluding carboxylic acids is 2. The summed E-state index contributed by atoms with van der Waals surface area (Å²) in [5, 5.41) is 1.52. The fourth-order valence-corrected chi connectivity index (χ4v) is 3.00. The molecule has 0 aliphatic carbocycles. The monoisotopic (exact) mass is 433 g/mol. The Morgan fingerprint density at radius 1 is 1.31 bits per heavy atom. The molecule has 1 saturated heterocycles. The highest BCUT2D eigenvalue weighted by Crippen LogP contribution is 2.35. The van der Waals surface area contributed by atoms with E-state index in [0.717, 1.165) is 29.4 Å². The van der Waals surface area contributed by atoms with Crippen LogP contribution in [-0.4, -0.2) is 46.0 Å². The molecule has 0 bridgehead atoms. The van der Waals surface area contributed by atoms with Gasteiger partial charge in [-0.15, -0.1) is 0 Å². The van der Waals surface area contributed by atoms with Crippen LogP contribution in [0, 0.1) is 11.6 Å². The number of nitrogens with two attached hydrogens (primary N) is 1. The van der Waals surface area contributed by atoms with Crippen LogP contribution in [0.2, 0.25) is 5.02 Å².